The molecule has 5 nitrogen and oxygen atoms in total. The number of methoxy groups -OCH3 is 1. The predicted molar refractivity (Wildman–Crippen MR) is 91.8 cm³/mol. The molecule has 0 saturated carbocycles. The molecule has 0 aromatic heterocycles. The summed E-state index contributed by atoms with van der Waals surface area (Å²) in [5.74, 6) is 0. The molecule has 128 valence electrons. The maximum absolute atomic E-state index is 12.4. The molecule has 2 atom stereocenters. The van der Waals surface area contributed by atoms with Crippen molar-refractivity contribution in [1.29, 1.82) is 0 Å². The predicted octanol–water partition coefficient (Wildman–Crippen LogP) is 3.26. The fourth-order valence-electron chi connectivity index (χ4n) is 2.57. The van der Waals surface area contributed by atoms with Gasteiger partial charge in [0.2, 0.25) is 0 Å². The van der Waals surface area contributed by atoms with Crippen LogP contribution in [0.25, 0.3) is 0 Å². The molecular weight excluding hydrogens is 310 g/mol. The molecule has 6 heteroatoms. The van der Waals surface area contributed by atoms with E-state index in [1.807, 2.05) is 30.3 Å². The molecule has 1 aromatic rings. The van der Waals surface area contributed by atoms with E-state index >= 15 is 0 Å². The minimum atomic E-state index is -1.61. The van der Waals surface area contributed by atoms with E-state index in [4.69, 9.17) is 13.9 Å². The van der Waals surface area contributed by atoms with Crippen LogP contribution in [0.5, 0.6) is 0 Å². The summed E-state index contributed by atoms with van der Waals surface area (Å²) in [7, 11) is 0.0684. The van der Waals surface area contributed by atoms with Crippen LogP contribution < -0.4 is 0 Å². The number of amides is 1. The van der Waals surface area contributed by atoms with Gasteiger partial charge < -0.3 is 18.8 Å². The van der Waals surface area contributed by atoms with Gasteiger partial charge in [-0.3, -0.25) is 0 Å². The zero-order valence-electron chi connectivity index (χ0n) is 14.5. The van der Waals surface area contributed by atoms with Crippen molar-refractivity contribution in [2.45, 2.75) is 44.8 Å². The number of hydrogen-bond acceptors (Lipinski definition) is 4. The minimum absolute atomic E-state index is 0.0231. The van der Waals surface area contributed by atoms with Gasteiger partial charge in [0.1, 0.15) is 6.61 Å². The largest absolute Gasteiger partial charge is 0.445 e. The SMILES string of the molecule is CO[C@H]1C[C@@H](CO[Si](C)(C)C)N(C(=O)OCc2ccccc2)C1. The van der Waals surface area contributed by atoms with Gasteiger partial charge >= 0.3 is 6.09 Å². The van der Waals surface area contributed by atoms with E-state index in [0.717, 1.165) is 12.0 Å². The van der Waals surface area contributed by atoms with Crippen LogP contribution in [0.4, 0.5) is 4.79 Å². The lowest BCUT2D eigenvalue weighted by Gasteiger charge is -2.27. The first-order valence-electron chi connectivity index (χ1n) is 8.03. The zero-order valence-corrected chi connectivity index (χ0v) is 15.5. The summed E-state index contributed by atoms with van der Waals surface area (Å²) >= 11 is 0. The molecule has 1 aromatic carbocycles. The number of benzene rings is 1. The van der Waals surface area contributed by atoms with Crippen LogP contribution in [-0.4, -0.2) is 51.7 Å². The number of ether oxygens (including phenoxy) is 2. The Balaban J connectivity index is 1.92. The molecule has 1 aliphatic rings. The maximum Gasteiger partial charge on any atom is 0.410 e. The first-order valence-corrected chi connectivity index (χ1v) is 11.4. The Labute approximate surface area is 139 Å². The smallest absolute Gasteiger partial charge is 0.410 e. The van der Waals surface area contributed by atoms with E-state index in [1.165, 1.54) is 0 Å². The molecule has 1 amide bonds. The molecular formula is C17H27NO4Si. The first kappa shape index (κ1) is 18.0. The van der Waals surface area contributed by atoms with Gasteiger partial charge in [-0.1, -0.05) is 30.3 Å². The monoisotopic (exact) mass is 337 g/mol. The summed E-state index contributed by atoms with van der Waals surface area (Å²) in [5, 5.41) is 0. The van der Waals surface area contributed by atoms with Crippen LogP contribution in [0, 0.1) is 0 Å². The molecule has 0 aliphatic carbocycles. The van der Waals surface area contributed by atoms with E-state index in [9.17, 15) is 4.79 Å². The van der Waals surface area contributed by atoms with Crippen molar-refractivity contribution in [3.05, 3.63) is 35.9 Å². The molecule has 2 rings (SSSR count). The van der Waals surface area contributed by atoms with Crippen LogP contribution >= 0.6 is 0 Å². The third-order valence-corrected chi connectivity index (χ3v) is 4.89. The van der Waals surface area contributed by atoms with Gasteiger partial charge in [0, 0.05) is 7.11 Å². The molecule has 1 saturated heterocycles. The Kier molecular flexibility index (Phi) is 6.21. The van der Waals surface area contributed by atoms with Gasteiger partial charge in [-0.05, 0) is 31.6 Å². The van der Waals surface area contributed by atoms with Gasteiger partial charge in [-0.25, -0.2) is 4.79 Å². The highest BCUT2D eigenvalue weighted by Gasteiger charge is 2.37. The van der Waals surface area contributed by atoms with E-state index in [2.05, 4.69) is 19.6 Å². The Morgan fingerprint density at radius 2 is 1.96 bits per heavy atom. The Morgan fingerprint density at radius 3 is 2.57 bits per heavy atom. The molecule has 0 unspecified atom stereocenters. The summed E-state index contributed by atoms with van der Waals surface area (Å²) in [6.07, 6.45) is 0.550. The van der Waals surface area contributed by atoms with Crippen molar-refractivity contribution in [2.75, 3.05) is 20.3 Å². The second kappa shape index (κ2) is 7.94. The van der Waals surface area contributed by atoms with Crippen molar-refractivity contribution in [2.24, 2.45) is 0 Å². The van der Waals surface area contributed by atoms with Crippen LogP contribution in [-0.2, 0) is 20.5 Å². The normalized spacial score (nSPS) is 21.5. The van der Waals surface area contributed by atoms with Crippen molar-refractivity contribution < 1.29 is 18.7 Å². The Hall–Kier alpha value is -1.37. The highest BCUT2D eigenvalue weighted by atomic mass is 28.4. The lowest BCUT2D eigenvalue weighted by molar-refractivity contribution is 0.0747. The van der Waals surface area contributed by atoms with E-state index in [0.29, 0.717) is 13.2 Å². The highest BCUT2D eigenvalue weighted by molar-refractivity contribution is 6.69. The molecule has 1 fully saturated rings. The van der Waals surface area contributed by atoms with E-state index in [-0.39, 0.29) is 24.8 Å². The molecule has 0 radical (unpaired) electrons. The average Bonchev–Trinajstić information content (AvgIpc) is 2.94. The average molecular weight is 337 g/mol. The van der Waals surface area contributed by atoms with E-state index in [1.54, 1.807) is 12.0 Å². The third-order valence-electron chi connectivity index (χ3n) is 3.86. The van der Waals surface area contributed by atoms with Gasteiger partial charge in [-0.2, -0.15) is 0 Å². The molecule has 0 bridgehead atoms. The molecule has 0 N–H and O–H groups in total. The first-order chi connectivity index (χ1) is 10.9. The second-order valence-corrected chi connectivity index (χ2v) is 11.4. The second-order valence-electron chi connectivity index (χ2n) is 6.86. The molecule has 1 aliphatic heterocycles. The number of carbonyl (C=O) groups excluding carboxylic acids is 1. The van der Waals surface area contributed by atoms with E-state index < -0.39 is 8.32 Å². The van der Waals surface area contributed by atoms with Gasteiger partial charge in [0.25, 0.3) is 0 Å². The quantitative estimate of drug-likeness (QED) is 0.748. The number of rotatable bonds is 6. The highest BCUT2D eigenvalue weighted by Crippen LogP contribution is 2.22. The summed E-state index contributed by atoms with van der Waals surface area (Å²) < 4.78 is 16.9. The summed E-state index contributed by atoms with van der Waals surface area (Å²) in [5.41, 5.74) is 0.984. The summed E-state index contributed by atoms with van der Waals surface area (Å²) in [6.45, 7) is 7.84. The van der Waals surface area contributed by atoms with Gasteiger partial charge in [0.05, 0.1) is 25.3 Å². The molecule has 0 spiro atoms. The third kappa shape index (κ3) is 5.64. The lowest BCUT2D eigenvalue weighted by Crippen LogP contribution is -2.41. The van der Waals surface area contributed by atoms with Crippen molar-refractivity contribution >= 4 is 14.4 Å². The fourth-order valence-corrected chi connectivity index (χ4v) is 3.27. The topological polar surface area (TPSA) is 48.0 Å². The zero-order chi connectivity index (χ0) is 16.9. The summed E-state index contributed by atoms with van der Waals surface area (Å²) in [6, 6.07) is 9.73. The number of carbonyl (C=O) groups is 1. The maximum atomic E-state index is 12.4. The summed E-state index contributed by atoms with van der Waals surface area (Å²) in [4.78, 5) is 14.2. The van der Waals surface area contributed by atoms with Crippen LogP contribution in [0.3, 0.4) is 0 Å². The Morgan fingerprint density at radius 1 is 1.26 bits per heavy atom. The van der Waals surface area contributed by atoms with Crippen LogP contribution in [0.1, 0.15) is 12.0 Å². The van der Waals surface area contributed by atoms with Crippen molar-refractivity contribution in [3.63, 3.8) is 0 Å². The number of likely N-dealkylation sites (tertiary alicyclic amines) is 1. The van der Waals surface area contributed by atoms with Crippen molar-refractivity contribution in [3.8, 4) is 0 Å². The lowest BCUT2D eigenvalue weighted by atomic mass is 10.2. The Bertz CT molecular complexity index is 503. The standard InChI is InChI=1S/C17H27NO4Si/c1-20-16-10-15(13-22-23(2,3)4)18(11-16)17(19)21-12-14-8-6-5-7-9-14/h5-9,15-16H,10-13H2,1-4H3/t15-,16-/m0/s1. The van der Waals surface area contributed by atoms with Crippen molar-refractivity contribution in [1.82, 2.24) is 4.90 Å². The van der Waals surface area contributed by atoms with Crippen LogP contribution in [0.15, 0.2) is 30.3 Å². The van der Waals surface area contributed by atoms with Crippen LogP contribution in [0.2, 0.25) is 19.6 Å². The molecule has 1 heterocycles. The van der Waals surface area contributed by atoms with Gasteiger partial charge in [0.15, 0.2) is 8.32 Å². The number of nitrogens with zero attached hydrogens (tertiary/aromatic N) is 1. The fraction of sp³-hybridized carbons (Fsp3) is 0.588. The minimum Gasteiger partial charge on any atom is -0.445 e. The number of hydrogen-bond donors (Lipinski definition) is 0. The van der Waals surface area contributed by atoms with Gasteiger partial charge in [-0.15, -0.1) is 0 Å². The molecule has 23 heavy (non-hydrogen) atoms.